The van der Waals surface area contributed by atoms with Gasteiger partial charge < -0.3 is 10.1 Å². The number of aliphatic imine (C=N–C) groups is 1. The minimum Gasteiger partial charge on any atom is -0.462 e. The monoisotopic (exact) mass is 412 g/mol. The Morgan fingerprint density at radius 3 is 2.68 bits per heavy atom. The molecule has 4 nitrogen and oxygen atoms in total. The van der Waals surface area contributed by atoms with Crippen LogP contribution in [0, 0.1) is 0 Å². The minimum absolute atomic E-state index is 0.291. The van der Waals surface area contributed by atoms with Crippen molar-refractivity contribution in [2.75, 3.05) is 25.0 Å². The number of rotatable bonds is 6. The van der Waals surface area contributed by atoms with Gasteiger partial charge in [-0.05, 0) is 91.0 Å². The molecule has 2 aromatic carbocycles. The van der Waals surface area contributed by atoms with E-state index in [0.29, 0.717) is 12.2 Å². The first-order valence-corrected chi connectivity index (χ1v) is 11.0. The second kappa shape index (κ2) is 9.17. The highest BCUT2D eigenvalue weighted by Crippen LogP contribution is 2.42. The number of anilines is 1. The van der Waals surface area contributed by atoms with Crippen LogP contribution in [-0.2, 0) is 11.2 Å². The van der Waals surface area contributed by atoms with Crippen molar-refractivity contribution in [1.29, 1.82) is 0 Å². The fourth-order valence-electron chi connectivity index (χ4n) is 4.28. The summed E-state index contributed by atoms with van der Waals surface area (Å²) >= 11 is 0. The number of hydrogen-bond donors (Lipinski definition) is 1. The molecular formula is C27H28N2O2. The van der Waals surface area contributed by atoms with Gasteiger partial charge in [0, 0.05) is 18.8 Å². The number of ether oxygens (including phenoxy) is 1. The van der Waals surface area contributed by atoms with Gasteiger partial charge in [0.2, 0.25) is 0 Å². The van der Waals surface area contributed by atoms with Crippen molar-refractivity contribution in [3.63, 3.8) is 0 Å². The average Bonchev–Trinajstić information content (AvgIpc) is 2.78. The van der Waals surface area contributed by atoms with Crippen LogP contribution in [0.4, 0.5) is 5.69 Å². The van der Waals surface area contributed by atoms with Crippen LogP contribution in [0.3, 0.4) is 0 Å². The van der Waals surface area contributed by atoms with Crippen LogP contribution in [0.2, 0.25) is 0 Å². The van der Waals surface area contributed by atoms with Gasteiger partial charge in [-0.2, -0.15) is 0 Å². The van der Waals surface area contributed by atoms with Gasteiger partial charge in [0.15, 0.2) is 0 Å². The van der Waals surface area contributed by atoms with Gasteiger partial charge in [-0.1, -0.05) is 30.3 Å². The maximum Gasteiger partial charge on any atom is 0.338 e. The van der Waals surface area contributed by atoms with E-state index in [1.54, 1.807) is 0 Å². The van der Waals surface area contributed by atoms with Gasteiger partial charge >= 0.3 is 5.97 Å². The number of nitrogens with zero attached hydrogens (tertiary/aromatic N) is 1. The topological polar surface area (TPSA) is 50.7 Å². The van der Waals surface area contributed by atoms with E-state index >= 15 is 0 Å². The Morgan fingerprint density at radius 1 is 1.06 bits per heavy atom. The maximum absolute atomic E-state index is 12.8. The van der Waals surface area contributed by atoms with Gasteiger partial charge in [-0.15, -0.1) is 0 Å². The lowest BCUT2D eigenvalue weighted by Crippen LogP contribution is -2.15. The van der Waals surface area contributed by atoms with Gasteiger partial charge in [-0.25, -0.2) is 4.79 Å². The minimum atomic E-state index is -0.291. The molecule has 0 atom stereocenters. The number of hydrogen-bond acceptors (Lipinski definition) is 4. The molecule has 0 bridgehead atoms. The third-order valence-corrected chi connectivity index (χ3v) is 5.53. The molecule has 0 radical (unpaired) electrons. The van der Waals surface area contributed by atoms with Crippen molar-refractivity contribution in [3.05, 3.63) is 94.1 Å². The Balaban J connectivity index is 1.95. The van der Waals surface area contributed by atoms with E-state index in [2.05, 4.69) is 53.7 Å². The van der Waals surface area contributed by atoms with Crippen LogP contribution < -0.4 is 5.32 Å². The number of carbonyl (C=O) groups is 1. The molecule has 2 aliphatic rings. The van der Waals surface area contributed by atoms with E-state index in [9.17, 15) is 4.79 Å². The molecule has 0 unspecified atom stereocenters. The lowest BCUT2D eigenvalue weighted by molar-refractivity contribution is 0.0526. The zero-order valence-electron chi connectivity index (χ0n) is 18.4. The second-order valence-electron chi connectivity index (χ2n) is 7.54. The molecule has 0 amide bonds. The highest BCUT2D eigenvalue weighted by molar-refractivity contribution is 6.09. The van der Waals surface area contributed by atoms with Crippen LogP contribution in [0.5, 0.6) is 0 Å². The van der Waals surface area contributed by atoms with Crippen molar-refractivity contribution in [3.8, 4) is 0 Å². The van der Waals surface area contributed by atoms with E-state index < -0.39 is 0 Å². The molecule has 0 saturated heterocycles. The van der Waals surface area contributed by atoms with Crippen LogP contribution in [0.15, 0.2) is 76.8 Å². The van der Waals surface area contributed by atoms with E-state index in [-0.39, 0.29) is 5.97 Å². The molecule has 158 valence electrons. The molecule has 4 rings (SSSR count). The fourth-order valence-corrected chi connectivity index (χ4v) is 4.28. The summed E-state index contributed by atoms with van der Waals surface area (Å²) in [4.78, 5) is 17.3. The summed E-state index contributed by atoms with van der Waals surface area (Å²) in [6.45, 7) is 7.95. The summed E-state index contributed by atoms with van der Waals surface area (Å²) < 4.78 is 5.36. The summed E-state index contributed by atoms with van der Waals surface area (Å²) in [5.41, 5.74) is 9.45. The molecule has 4 heteroatoms. The molecule has 0 saturated carbocycles. The number of carbonyl (C=O) groups excluding carboxylic acids is 1. The highest BCUT2D eigenvalue weighted by Gasteiger charge is 2.27. The smallest absolute Gasteiger partial charge is 0.338 e. The number of allylic oxidation sites excluding steroid dienone is 5. The SMILES string of the molecule is CCN=C1C=CC2=C(c3ccccc3C(=O)OCC)c3ccc(NCC)cc3CC2=C1. The largest absolute Gasteiger partial charge is 0.462 e. The van der Waals surface area contributed by atoms with Crippen LogP contribution in [-0.4, -0.2) is 31.4 Å². The first-order chi connectivity index (χ1) is 15.2. The summed E-state index contributed by atoms with van der Waals surface area (Å²) in [5.74, 6) is -0.291. The quantitative estimate of drug-likeness (QED) is 0.628. The molecule has 2 aromatic rings. The Bertz CT molecular complexity index is 1140. The first kappa shape index (κ1) is 20.9. The fraction of sp³-hybridized carbons (Fsp3) is 0.259. The number of fused-ring (bicyclic) bond motifs is 2. The molecule has 31 heavy (non-hydrogen) atoms. The average molecular weight is 413 g/mol. The van der Waals surface area contributed by atoms with Gasteiger partial charge in [0.1, 0.15) is 0 Å². The van der Waals surface area contributed by atoms with Crippen molar-refractivity contribution in [2.24, 2.45) is 4.99 Å². The predicted octanol–water partition coefficient (Wildman–Crippen LogP) is 5.61. The number of nitrogens with one attached hydrogen (secondary N) is 1. The Hall–Kier alpha value is -3.40. The summed E-state index contributed by atoms with van der Waals surface area (Å²) in [7, 11) is 0. The van der Waals surface area contributed by atoms with Gasteiger partial charge in [0.25, 0.3) is 0 Å². The second-order valence-corrected chi connectivity index (χ2v) is 7.54. The molecular weight excluding hydrogens is 384 g/mol. The third kappa shape index (κ3) is 4.11. The highest BCUT2D eigenvalue weighted by atomic mass is 16.5. The van der Waals surface area contributed by atoms with E-state index in [1.165, 1.54) is 11.1 Å². The molecule has 1 N–H and O–H groups in total. The molecule has 0 spiro atoms. The molecule has 0 fully saturated rings. The van der Waals surface area contributed by atoms with Crippen molar-refractivity contribution < 1.29 is 9.53 Å². The zero-order valence-corrected chi connectivity index (χ0v) is 18.4. The zero-order chi connectivity index (χ0) is 21.8. The molecule has 0 heterocycles. The lowest BCUT2D eigenvalue weighted by Gasteiger charge is -2.28. The van der Waals surface area contributed by atoms with Gasteiger partial charge in [0.05, 0.1) is 17.9 Å². The summed E-state index contributed by atoms with van der Waals surface area (Å²) in [5, 5.41) is 3.41. The standard InChI is InChI=1S/C27H28N2O2/c1-4-28-20-11-13-22-18(16-20)15-19-17-21(29-5-2)12-14-23(19)26(22)24-9-7-8-10-25(24)27(30)31-6-3/h7-14,16-17,28H,4-6,15H2,1-3H3. The summed E-state index contributed by atoms with van der Waals surface area (Å²) in [6, 6.07) is 14.2. The van der Waals surface area contributed by atoms with Crippen molar-refractivity contribution in [1.82, 2.24) is 0 Å². The summed E-state index contributed by atoms with van der Waals surface area (Å²) in [6.07, 6.45) is 7.21. The van der Waals surface area contributed by atoms with Crippen molar-refractivity contribution >= 4 is 22.9 Å². The first-order valence-electron chi connectivity index (χ1n) is 11.0. The predicted molar refractivity (Wildman–Crippen MR) is 128 cm³/mol. The molecule has 0 aliphatic heterocycles. The number of esters is 1. The molecule has 0 aromatic heterocycles. The normalized spacial score (nSPS) is 16.0. The van der Waals surface area contributed by atoms with Crippen LogP contribution >= 0.6 is 0 Å². The van der Waals surface area contributed by atoms with Gasteiger partial charge in [-0.3, -0.25) is 4.99 Å². The molecule has 2 aliphatic carbocycles. The Morgan fingerprint density at radius 2 is 1.90 bits per heavy atom. The lowest BCUT2D eigenvalue weighted by atomic mass is 9.76. The number of benzene rings is 2. The van der Waals surface area contributed by atoms with Crippen LogP contribution in [0.1, 0.15) is 47.8 Å². The van der Waals surface area contributed by atoms with E-state index in [1.807, 2.05) is 38.1 Å². The Labute approximate surface area is 184 Å². The van der Waals surface area contributed by atoms with E-state index in [0.717, 1.165) is 53.2 Å². The van der Waals surface area contributed by atoms with E-state index in [4.69, 9.17) is 4.74 Å². The maximum atomic E-state index is 12.8. The van der Waals surface area contributed by atoms with Crippen molar-refractivity contribution in [2.45, 2.75) is 27.2 Å². The van der Waals surface area contributed by atoms with Crippen LogP contribution in [0.25, 0.3) is 5.57 Å². The third-order valence-electron chi connectivity index (χ3n) is 5.53. The Kier molecular flexibility index (Phi) is 6.17.